The quantitative estimate of drug-likeness (QED) is 0.842. The minimum absolute atomic E-state index is 0.202. The zero-order chi connectivity index (χ0) is 13.5. The summed E-state index contributed by atoms with van der Waals surface area (Å²) in [6.07, 6.45) is 3.61. The van der Waals surface area contributed by atoms with Crippen molar-refractivity contribution < 1.29 is 4.79 Å². The lowest BCUT2D eigenvalue weighted by Gasteiger charge is -2.37. The summed E-state index contributed by atoms with van der Waals surface area (Å²) in [5.74, 6) is 0.202. The molecule has 0 aliphatic carbocycles. The predicted molar refractivity (Wildman–Crippen MR) is 79.1 cm³/mol. The average Bonchev–Trinajstić information content (AvgIpc) is 3.13. The van der Waals surface area contributed by atoms with E-state index in [1.807, 2.05) is 17.0 Å². The second-order valence-corrected chi connectivity index (χ2v) is 6.13. The SMILES string of the molecule is O=C(c1ccc2c(c1)NCC2)N1CCN2CCCC2C1. The highest BCUT2D eigenvalue weighted by atomic mass is 16.2. The molecule has 1 amide bonds. The molecule has 0 spiro atoms. The van der Waals surface area contributed by atoms with E-state index < -0.39 is 0 Å². The molecule has 2 saturated heterocycles. The van der Waals surface area contributed by atoms with E-state index in [0.717, 1.165) is 43.9 Å². The van der Waals surface area contributed by atoms with E-state index in [-0.39, 0.29) is 5.91 Å². The Labute approximate surface area is 119 Å². The van der Waals surface area contributed by atoms with Gasteiger partial charge in [-0.05, 0) is 43.5 Å². The van der Waals surface area contributed by atoms with Crippen LogP contribution in [0.2, 0.25) is 0 Å². The molecule has 0 radical (unpaired) electrons. The van der Waals surface area contributed by atoms with Gasteiger partial charge >= 0.3 is 0 Å². The van der Waals surface area contributed by atoms with Crippen molar-refractivity contribution in [1.29, 1.82) is 0 Å². The van der Waals surface area contributed by atoms with Gasteiger partial charge in [-0.3, -0.25) is 9.69 Å². The molecule has 0 aromatic heterocycles. The Hall–Kier alpha value is -1.55. The van der Waals surface area contributed by atoms with Gasteiger partial charge < -0.3 is 10.2 Å². The van der Waals surface area contributed by atoms with Crippen LogP contribution in [0.4, 0.5) is 5.69 Å². The zero-order valence-electron chi connectivity index (χ0n) is 11.8. The number of carbonyl (C=O) groups is 1. The normalized spacial score (nSPS) is 25.2. The highest BCUT2D eigenvalue weighted by Gasteiger charge is 2.32. The molecule has 3 aliphatic rings. The number of carbonyl (C=O) groups excluding carboxylic acids is 1. The lowest BCUT2D eigenvalue weighted by molar-refractivity contribution is 0.0571. The summed E-state index contributed by atoms with van der Waals surface area (Å²) in [4.78, 5) is 17.2. The molecule has 1 atom stereocenters. The number of nitrogens with zero attached hydrogens (tertiary/aromatic N) is 2. The highest BCUT2D eigenvalue weighted by Crippen LogP contribution is 2.26. The fraction of sp³-hybridized carbons (Fsp3) is 0.562. The summed E-state index contributed by atoms with van der Waals surface area (Å²) in [5, 5.41) is 3.36. The molecule has 1 aromatic carbocycles. The first-order valence-corrected chi connectivity index (χ1v) is 7.71. The Bertz CT molecular complexity index is 543. The van der Waals surface area contributed by atoms with Crippen molar-refractivity contribution in [2.24, 2.45) is 0 Å². The molecule has 4 rings (SSSR count). The van der Waals surface area contributed by atoms with E-state index in [0.29, 0.717) is 6.04 Å². The second kappa shape index (κ2) is 4.77. The standard InChI is InChI=1S/C16H21N3O/c20-16(13-4-3-12-5-6-17-15(12)10-13)19-9-8-18-7-1-2-14(18)11-19/h3-4,10,14,17H,1-2,5-9,11H2. The Morgan fingerprint density at radius 2 is 2.20 bits per heavy atom. The third-order valence-electron chi connectivity index (χ3n) is 4.94. The van der Waals surface area contributed by atoms with Crippen molar-refractivity contribution in [3.05, 3.63) is 29.3 Å². The van der Waals surface area contributed by atoms with Gasteiger partial charge in [-0.1, -0.05) is 6.07 Å². The van der Waals surface area contributed by atoms with Gasteiger partial charge in [0, 0.05) is 43.5 Å². The van der Waals surface area contributed by atoms with Crippen LogP contribution < -0.4 is 5.32 Å². The van der Waals surface area contributed by atoms with Crippen LogP contribution in [0.1, 0.15) is 28.8 Å². The summed E-state index contributed by atoms with van der Waals surface area (Å²) in [6, 6.07) is 6.73. The van der Waals surface area contributed by atoms with Crippen molar-refractivity contribution in [2.75, 3.05) is 38.0 Å². The van der Waals surface area contributed by atoms with Crippen molar-refractivity contribution in [1.82, 2.24) is 9.80 Å². The van der Waals surface area contributed by atoms with Gasteiger partial charge in [0.15, 0.2) is 0 Å². The average molecular weight is 271 g/mol. The van der Waals surface area contributed by atoms with Crippen molar-refractivity contribution >= 4 is 11.6 Å². The lowest BCUT2D eigenvalue weighted by atomic mass is 10.1. The van der Waals surface area contributed by atoms with Gasteiger partial charge in [-0.15, -0.1) is 0 Å². The van der Waals surface area contributed by atoms with Gasteiger partial charge in [0.2, 0.25) is 0 Å². The molecule has 2 fully saturated rings. The number of nitrogens with one attached hydrogen (secondary N) is 1. The fourth-order valence-electron chi connectivity index (χ4n) is 3.78. The lowest BCUT2D eigenvalue weighted by Crippen LogP contribution is -2.52. The molecule has 1 aromatic rings. The largest absolute Gasteiger partial charge is 0.384 e. The maximum atomic E-state index is 12.7. The molecular weight excluding hydrogens is 250 g/mol. The van der Waals surface area contributed by atoms with Gasteiger partial charge in [0.05, 0.1) is 0 Å². The maximum absolute atomic E-state index is 12.7. The van der Waals surface area contributed by atoms with Gasteiger partial charge in [0.25, 0.3) is 5.91 Å². The molecule has 20 heavy (non-hydrogen) atoms. The Kier molecular flexibility index (Phi) is 2.91. The molecule has 1 unspecified atom stereocenters. The molecule has 3 heterocycles. The molecule has 106 valence electrons. The van der Waals surface area contributed by atoms with Crippen LogP contribution in [0, 0.1) is 0 Å². The van der Waals surface area contributed by atoms with Crippen LogP contribution in [0.5, 0.6) is 0 Å². The van der Waals surface area contributed by atoms with E-state index in [1.165, 1.54) is 24.9 Å². The van der Waals surface area contributed by atoms with Crippen molar-refractivity contribution in [3.8, 4) is 0 Å². The second-order valence-electron chi connectivity index (χ2n) is 6.13. The number of rotatable bonds is 1. The highest BCUT2D eigenvalue weighted by molar-refractivity contribution is 5.95. The Morgan fingerprint density at radius 3 is 3.15 bits per heavy atom. The Balaban J connectivity index is 1.52. The van der Waals surface area contributed by atoms with Gasteiger partial charge in [0.1, 0.15) is 0 Å². The summed E-state index contributed by atoms with van der Waals surface area (Å²) < 4.78 is 0. The van der Waals surface area contributed by atoms with E-state index in [2.05, 4.69) is 16.3 Å². The van der Waals surface area contributed by atoms with Crippen LogP contribution in [0.25, 0.3) is 0 Å². The van der Waals surface area contributed by atoms with Crippen LogP contribution in [0.3, 0.4) is 0 Å². The zero-order valence-corrected chi connectivity index (χ0v) is 11.8. The minimum Gasteiger partial charge on any atom is -0.384 e. The van der Waals surface area contributed by atoms with Crippen LogP contribution in [-0.2, 0) is 6.42 Å². The third-order valence-corrected chi connectivity index (χ3v) is 4.94. The van der Waals surface area contributed by atoms with Crippen molar-refractivity contribution in [3.63, 3.8) is 0 Å². The summed E-state index contributed by atoms with van der Waals surface area (Å²) in [6.45, 7) is 5.03. The third kappa shape index (κ3) is 1.99. The molecule has 3 aliphatic heterocycles. The topological polar surface area (TPSA) is 35.6 Å². The summed E-state index contributed by atoms with van der Waals surface area (Å²) in [7, 11) is 0. The smallest absolute Gasteiger partial charge is 0.254 e. The number of anilines is 1. The molecule has 1 N–H and O–H groups in total. The van der Waals surface area contributed by atoms with Crippen molar-refractivity contribution in [2.45, 2.75) is 25.3 Å². The number of amides is 1. The molecular formula is C16H21N3O. The molecule has 0 saturated carbocycles. The number of piperazine rings is 1. The van der Waals surface area contributed by atoms with Gasteiger partial charge in [-0.2, -0.15) is 0 Å². The minimum atomic E-state index is 0.202. The summed E-state index contributed by atoms with van der Waals surface area (Å²) >= 11 is 0. The predicted octanol–water partition coefficient (Wildman–Crippen LogP) is 1.57. The summed E-state index contributed by atoms with van der Waals surface area (Å²) in [5.41, 5.74) is 3.32. The molecule has 4 nitrogen and oxygen atoms in total. The maximum Gasteiger partial charge on any atom is 0.254 e. The first-order chi connectivity index (χ1) is 9.81. The van der Waals surface area contributed by atoms with E-state index in [1.54, 1.807) is 0 Å². The van der Waals surface area contributed by atoms with E-state index >= 15 is 0 Å². The van der Waals surface area contributed by atoms with E-state index in [4.69, 9.17) is 0 Å². The first-order valence-electron chi connectivity index (χ1n) is 7.71. The van der Waals surface area contributed by atoms with Gasteiger partial charge in [-0.25, -0.2) is 0 Å². The monoisotopic (exact) mass is 271 g/mol. The van der Waals surface area contributed by atoms with Crippen LogP contribution in [0.15, 0.2) is 18.2 Å². The molecule has 4 heteroatoms. The number of hydrogen-bond donors (Lipinski definition) is 1. The Morgan fingerprint density at radius 1 is 1.25 bits per heavy atom. The number of benzene rings is 1. The fourth-order valence-corrected chi connectivity index (χ4v) is 3.78. The number of hydrogen-bond acceptors (Lipinski definition) is 3. The first kappa shape index (κ1) is 12.2. The van der Waals surface area contributed by atoms with Crippen LogP contribution in [-0.4, -0.2) is 54.5 Å². The van der Waals surface area contributed by atoms with E-state index in [9.17, 15) is 4.79 Å². The van der Waals surface area contributed by atoms with Crippen LogP contribution >= 0.6 is 0 Å². The molecule has 0 bridgehead atoms. The number of fused-ring (bicyclic) bond motifs is 2.